The Labute approximate surface area is 172 Å². The van der Waals surface area contributed by atoms with E-state index in [2.05, 4.69) is 26.1 Å². The number of ether oxygens (including phenoxy) is 1. The molecular formula is C22H22BrN3O2. The lowest BCUT2D eigenvalue weighted by Gasteiger charge is -2.26. The van der Waals surface area contributed by atoms with E-state index in [9.17, 15) is 4.79 Å². The number of carbonyl (C=O) groups is 1. The standard InChI is InChI=1S/C22H22BrN3O2/c23-17-5-3-4-16(14-17)21-15-19(18-6-1-2-7-20(18)25-21)22(27)24-8-9-26-10-12-28-13-11-26/h1-7,14-15H,8-13H2,(H,24,27). The molecule has 1 fully saturated rings. The van der Waals surface area contributed by atoms with Crippen LogP contribution in [0.15, 0.2) is 59.1 Å². The highest BCUT2D eigenvalue weighted by Crippen LogP contribution is 2.26. The lowest BCUT2D eigenvalue weighted by atomic mass is 10.0. The Morgan fingerprint density at radius 3 is 2.75 bits per heavy atom. The minimum atomic E-state index is -0.0666. The molecule has 0 unspecified atom stereocenters. The van der Waals surface area contributed by atoms with Crippen LogP contribution >= 0.6 is 15.9 Å². The fourth-order valence-corrected chi connectivity index (χ4v) is 3.81. The van der Waals surface area contributed by atoms with Gasteiger partial charge in [0.1, 0.15) is 0 Å². The second kappa shape index (κ2) is 8.82. The number of amides is 1. The fourth-order valence-electron chi connectivity index (χ4n) is 3.41. The van der Waals surface area contributed by atoms with Crippen LogP contribution < -0.4 is 5.32 Å². The third-order valence-electron chi connectivity index (χ3n) is 4.90. The normalized spacial score (nSPS) is 14.9. The summed E-state index contributed by atoms with van der Waals surface area (Å²) in [5.41, 5.74) is 3.24. The number of fused-ring (bicyclic) bond motifs is 1. The third kappa shape index (κ3) is 4.41. The van der Waals surface area contributed by atoms with Gasteiger partial charge in [0.2, 0.25) is 0 Å². The van der Waals surface area contributed by atoms with Crippen molar-refractivity contribution in [1.82, 2.24) is 15.2 Å². The maximum Gasteiger partial charge on any atom is 0.252 e. The Morgan fingerprint density at radius 2 is 1.93 bits per heavy atom. The number of morpholine rings is 1. The van der Waals surface area contributed by atoms with E-state index in [1.54, 1.807) is 0 Å². The molecule has 1 aromatic heterocycles. The van der Waals surface area contributed by atoms with E-state index in [1.807, 2.05) is 54.6 Å². The number of carbonyl (C=O) groups excluding carboxylic acids is 1. The quantitative estimate of drug-likeness (QED) is 0.657. The number of para-hydroxylation sites is 1. The Kier molecular flexibility index (Phi) is 6.00. The minimum absolute atomic E-state index is 0.0666. The second-order valence-corrected chi connectivity index (χ2v) is 7.71. The number of nitrogens with one attached hydrogen (secondary N) is 1. The van der Waals surface area contributed by atoms with Crippen molar-refractivity contribution in [2.24, 2.45) is 0 Å². The summed E-state index contributed by atoms with van der Waals surface area (Å²) in [6.45, 7) is 4.80. The third-order valence-corrected chi connectivity index (χ3v) is 5.39. The molecule has 0 aliphatic carbocycles. The van der Waals surface area contributed by atoms with E-state index in [0.717, 1.165) is 59.5 Å². The molecule has 1 N–H and O–H groups in total. The fraction of sp³-hybridized carbons (Fsp3) is 0.273. The van der Waals surface area contributed by atoms with E-state index in [0.29, 0.717) is 12.1 Å². The van der Waals surface area contributed by atoms with Gasteiger partial charge in [-0.2, -0.15) is 0 Å². The first-order valence-electron chi connectivity index (χ1n) is 9.45. The summed E-state index contributed by atoms with van der Waals surface area (Å²) in [6.07, 6.45) is 0. The predicted molar refractivity (Wildman–Crippen MR) is 114 cm³/mol. The van der Waals surface area contributed by atoms with Crippen LogP contribution in [0.4, 0.5) is 0 Å². The summed E-state index contributed by atoms with van der Waals surface area (Å²) in [4.78, 5) is 20.0. The summed E-state index contributed by atoms with van der Waals surface area (Å²) in [6, 6.07) is 17.6. The Hall–Kier alpha value is -2.28. The molecule has 144 valence electrons. The highest BCUT2D eigenvalue weighted by Gasteiger charge is 2.15. The number of pyridine rings is 1. The lowest BCUT2D eigenvalue weighted by molar-refractivity contribution is 0.0383. The van der Waals surface area contributed by atoms with E-state index >= 15 is 0 Å². The number of nitrogens with zero attached hydrogens (tertiary/aromatic N) is 2. The molecule has 2 aromatic carbocycles. The zero-order chi connectivity index (χ0) is 19.3. The molecule has 3 aromatic rings. The van der Waals surface area contributed by atoms with Crippen molar-refractivity contribution < 1.29 is 9.53 Å². The number of halogens is 1. The van der Waals surface area contributed by atoms with E-state index in [1.165, 1.54) is 0 Å². The van der Waals surface area contributed by atoms with Crippen LogP contribution in [0, 0.1) is 0 Å². The van der Waals surface area contributed by atoms with Crippen LogP contribution in [0.2, 0.25) is 0 Å². The monoisotopic (exact) mass is 439 g/mol. The summed E-state index contributed by atoms with van der Waals surface area (Å²) in [5, 5.41) is 3.94. The average Bonchev–Trinajstić information content (AvgIpc) is 2.73. The van der Waals surface area contributed by atoms with Crippen LogP contribution in [0.5, 0.6) is 0 Å². The van der Waals surface area contributed by atoms with Crippen molar-refractivity contribution in [2.75, 3.05) is 39.4 Å². The van der Waals surface area contributed by atoms with Gasteiger partial charge >= 0.3 is 0 Å². The molecule has 5 nitrogen and oxygen atoms in total. The average molecular weight is 440 g/mol. The molecular weight excluding hydrogens is 418 g/mol. The lowest BCUT2D eigenvalue weighted by Crippen LogP contribution is -2.41. The summed E-state index contributed by atoms with van der Waals surface area (Å²) in [5.74, 6) is -0.0666. The molecule has 4 rings (SSSR count). The van der Waals surface area contributed by atoms with E-state index < -0.39 is 0 Å². The van der Waals surface area contributed by atoms with Crippen molar-refractivity contribution in [3.63, 3.8) is 0 Å². The van der Waals surface area contributed by atoms with Gasteiger partial charge in [-0.05, 0) is 24.3 Å². The Bertz CT molecular complexity index is 986. The highest BCUT2D eigenvalue weighted by atomic mass is 79.9. The molecule has 0 spiro atoms. The zero-order valence-corrected chi connectivity index (χ0v) is 17.1. The molecule has 0 radical (unpaired) electrons. The molecule has 28 heavy (non-hydrogen) atoms. The van der Waals surface area contributed by atoms with Crippen molar-refractivity contribution >= 4 is 32.7 Å². The van der Waals surface area contributed by atoms with Crippen LogP contribution in [0.1, 0.15) is 10.4 Å². The summed E-state index contributed by atoms with van der Waals surface area (Å²) < 4.78 is 6.35. The Morgan fingerprint density at radius 1 is 1.11 bits per heavy atom. The minimum Gasteiger partial charge on any atom is -0.379 e. The second-order valence-electron chi connectivity index (χ2n) is 6.79. The molecule has 1 aliphatic rings. The summed E-state index contributed by atoms with van der Waals surface area (Å²) >= 11 is 3.51. The maximum absolute atomic E-state index is 13.0. The first-order chi connectivity index (χ1) is 13.7. The van der Waals surface area contributed by atoms with E-state index in [4.69, 9.17) is 9.72 Å². The number of benzene rings is 2. The Balaban J connectivity index is 1.58. The number of hydrogen-bond acceptors (Lipinski definition) is 4. The molecule has 0 atom stereocenters. The zero-order valence-electron chi connectivity index (χ0n) is 15.5. The number of hydrogen-bond donors (Lipinski definition) is 1. The predicted octanol–water partition coefficient (Wildman–Crippen LogP) is 3.73. The van der Waals surface area contributed by atoms with Crippen molar-refractivity contribution in [3.8, 4) is 11.3 Å². The first-order valence-corrected chi connectivity index (χ1v) is 10.2. The van der Waals surface area contributed by atoms with Crippen molar-refractivity contribution in [2.45, 2.75) is 0 Å². The van der Waals surface area contributed by atoms with Gasteiger partial charge in [-0.15, -0.1) is 0 Å². The van der Waals surface area contributed by atoms with Crippen molar-refractivity contribution in [3.05, 3.63) is 64.6 Å². The SMILES string of the molecule is O=C(NCCN1CCOCC1)c1cc(-c2cccc(Br)c2)nc2ccccc12. The molecule has 6 heteroatoms. The molecule has 1 saturated heterocycles. The van der Waals surface area contributed by atoms with Crippen LogP contribution in [-0.4, -0.2) is 55.2 Å². The largest absolute Gasteiger partial charge is 0.379 e. The summed E-state index contributed by atoms with van der Waals surface area (Å²) in [7, 11) is 0. The van der Waals surface area contributed by atoms with Gasteiger partial charge in [0.05, 0.1) is 30.0 Å². The van der Waals surface area contributed by atoms with Gasteiger partial charge in [0.25, 0.3) is 5.91 Å². The van der Waals surface area contributed by atoms with Crippen LogP contribution in [0.25, 0.3) is 22.2 Å². The van der Waals surface area contributed by atoms with Gasteiger partial charge in [-0.25, -0.2) is 4.98 Å². The molecule has 0 saturated carbocycles. The van der Waals surface area contributed by atoms with E-state index in [-0.39, 0.29) is 5.91 Å². The maximum atomic E-state index is 13.0. The topological polar surface area (TPSA) is 54.5 Å². The number of rotatable bonds is 5. The molecule has 0 bridgehead atoms. The van der Waals surface area contributed by atoms with Gasteiger partial charge in [0, 0.05) is 41.6 Å². The van der Waals surface area contributed by atoms with Gasteiger partial charge in [0.15, 0.2) is 0 Å². The van der Waals surface area contributed by atoms with Crippen LogP contribution in [0.3, 0.4) is 0 Å². The smallest absolute Gasteiger partial charge is 0.252 e. The van der Waals surface area contributed by atoms with Gasteiger partial charge < -0.3 is 10.1 Å². The molecule has 2 heterocycles. The molecule has 1 aliphatic heterocycles. The molecule has 1 amide bonds. The van der Waals surface area contributed by atoms with Gasteiger partial charge in [-0.3, -0.25) is 9.69 Å². The first kappa shape index (κ1) is 19.1. The van der Waals surface area contributed by atoms with Crippen LogP contribution in [-0.2, 0) is 4.74 Å². The van der Waals surface area contributed by atoms with Gasteiger partial charge in [-0.1, -0.05) is 46.3 Å². The highest BCUT2D eigenvalue weighted by molar-refractivity contribution is 9.10. The van der Waals surface area contributed by atoms with Crippen molar-refractivity contribution in [1.29, 1.82) is 0 Å². The number of aromatic nitrogens is 1.